The number of halogens is 1. The van der Waals surface area contributed by atoms with E-state index in [2.05, 4.69) is 11.9 Å². The van der Waals surface area contributed by atoms with Crippen LogP contribution in [0.3, 0.4) is 0 Å². The SMILES string of the molecule is CN1C2CCC1C(OCC(=O)C(F)(CO)c1ccccc1)C2. The number of ketones is 1. The van der Waals surface area contributed by atoms with Crippen LogP contribution in [-0.4, -0.2) is 54.2 Å². The van der Waals surface area contributed by atoms with Gasteiger partial charge in [-0.3, -0.25) is 9.69 Å². The van der Waals surface area contributed by atoms with Gasteiger partial charge in [0.2, 0.25) is 11.5 Å². The molecule has 120 valence electrons. The zero-order valence-corrected chi connectivity index (χ0v) is 12.7. The minimum absolute atomic E-state index is 0.00795. The molecule has 0 aliphatic carbocycles. The molecule has 2 heterocycles. The molecule has 4 nitrogen and oxygen atoms in total. The Hall–Kier alpha value is -1.30. The van der Waals surface area contributed by atoms with Crippen LogP contribution in [0.4, 0.5) is 4.39 Å². The molecule has 0 radical (unpaired) electrons. The van der Waals surface area contributed by atoms with E-state index in [1.54, 1.807) is 18.2 Å². The predicted octanol–water partition coefficient (Wildman–Crippen LogP) is 1.66. The minimum Gasteiger partial charge on any atom is -0.392 e. The zero-order valence-electron chi connectivity index (χ0n) is 12.7. The number of benzene rings is 1. The van der Waals surface area contributed by atoms with Gasteiger partial charge in [-0.15, -0.1) is 0 Å². The number of likely N-dealkylation sites (N-methyl/N-ethyl adjacent to an activating group) is 1. The minimum atomic E-state index is -2.38. The Labute approximate surface area is 129 Å². The molecule has 0 amide bonds. The number of ether oxygens (including phenoxy) is 1. The van der Waals surface area contributed by atoms with Crippen LogP contribution < -0.4 is 0 Å². The van der Waals surface area contributed by atoms with Crippen molar-refractivity contribution in [3.8, 4) is 0 Å². The first kappa shape index (κ1) is 15.6. The Morgan fingerprint density at radius 3 is 2.68 bits per heavy atom. The number of carbonyl (C=O) groups excluding carboxylic acids is 1. The monoisotopic (exact) mass is 307 g/mol. The summed E-state index contributed by atoms with van der Waals surface area (Å²) in [6.07, 6.45) is 3.13. The molecule has 3 rings (SSSR count). The molecule has 0 saturated carbocycles. The Morgan fingerprint density at radius 2 is 2.14 bits per heavy atom. The van der Waals surface area contributed by atoms with Gasteiger partial charge in [0.15, 0.2) is 0 Å². The number of nitrogens with zero attached hydrogens (tertiary/aromatic N) is 1. The third-order valence-electron chi connectivity index (χ3n) is 5.15. The molecule has 1 N–H and O–H groups in total. The lowest BCUT2D eigenvalue weighted by molar-refractivity contribution is -0.141. The second-order valence-corrected chi connectivity index (χ2v) is 6.30. The fourth-order valence-corrected chi connectivity index (χ4v) is 3.72. The molecule has 4 atom stereocenters. The first-order chi connectivity index (χ1) is 10.6. The first-order valence-electron chi connectivity index (χ1n) is 7.78. The number of alkyl halides is 1. The van der Waals surface area contributed by atoms with E-state index in [0.29, 0.717) is 12.1 Å². The van der Waals surface area contributed by atoms with Gasteiger partial charge in [0.05, 0.1) is 12.7 Å². The molecule has 2 saturated heterocycles. The van der Waals surface area contributed by atoms with Crippen molar-refractivity contribution >= 4 is 5.78 Å². The van der Waals surface area contributed by atoms with Crippen LogP contribution in [0.1, 0.15) is 24.8 Å². The maximum Gasteiger partial charge on any atom is 0.218 e. The van der Waals surface area contributed by atoms with E-state index in [4.69, 9.17) is 4.74 Å². The number of hydrogen-bond donors (Lipinski definition) is 1. The van der Waals surface area contributed by atoms with Gasteiger partial charge < -0.3 is 9.84 Å². The lowest BCUT2D eigenvalue weighted by Gasteiger charge is -2.25. The van der Waals surface area contributed by atoms with Crippen LogP contribution >= 0.6 is 0 Å². The summed E-state index contributed by atoms with van der Waals surface area (Å²) in [5.74, 6) is -0.716. The summed E-state index contributed by atoms with van der Waals surface area (Å²) in [7, 11) is 2.07. The van der Waals surface area contributed by atoms with Crippen LogP contribution in [0.5, 0.6) is 0 Å². The van der Waals surface area contributed by atoms with Gasteiger partial charge in [-0.05, 0) is 31.9 Å². The van der Waals surface area contributed by atoms with E-state index in [1.165, 1.54) is 18.6 Å². The van der Waals surface area contributed by atoms with E-state index in [9.17, 15) is 14.3 Å². The fourth-order valence-electron chi connectivity index (χ4n) is 3.72. The van der Waals surface area contributed by atoms with Gasteiger partial charge in [-0.1, -0.05) is 30.3 Å². The van der Waals surface area contributed by atoms with Crippen molar-refractivity contribution < 1.29 is 19.0 Å². The average Bonchev–Trinajstić information content (AvgIpc) is 3.07. The van der Waals surface area contributed by atoms with E-state index in [-0.39, 0.29) is 18.3 Å². The molecule has 2 aliphatic heterocycles. The fraction of sp³-hybridized carbons (Fsp3) is 0.588. The zero-order chi connectivity index (χ0) is 15.7. The van der Waals surface area contributed by atoms with Crippen molar-refractivity contribution in [3.63, 3.8) is 0 Å². The number of hydrogen-bond acceptors (Lipinski definition) is 4. The van der Waals surface area contributed by atoms with Crippen molar-refractivity contribution in [3.05, 3.63) is 35.9 Å². The van der Waals surface area contributed by atoms with Gasteiger partial charge in [0.25, 0.3) is 0 Å². The van der Waals surface area contributed by atoms with Gasteiger partial charge in [0, 0.05) is 12.1 Å². The highest BCUT2D eigenvalue weighted by molar-refractivity contribution is 5.89. The highest BCUT2D eigenvalue weighted by Crippen LogP contribution is 2.38. The van der Waals surface area contributed by atoms with Gasteiger partial charge >= 0.3 is 0 Å². The summed E-state index contributed by atoms with van der Waals surface area (Å²) in [5, 5.41) is 9.39. The summed E-state index contributed by atoms with van der Waals surface area (Å²) in [4.78, 5) is 14.6. The lowest BCUT2D eigenvalue weighted by atomic mass is 9.92. The molecule has 4 unspecified atom stereocenters. The maximum absolute atomic E-state index is 14.9. The number of Topliss-reactive ketones (excluding diaryl/α,β-unsaturated/α-hetero) is 1. The molecule has 1 aromatic rings. The van der Waals surface area contributed by atoms with Crippen LogP contribution in [0.15, 0.2) is 30.3 Å². The molecule has 2 fully saturated rings. The molecule has 22 heavy (non-hydrogen) atoms. The van der Waals surface area contributed by atoms with Gasteiger partial charge in [-0.25, -0.2) is 4.39 Å². The number of rotatable bonds is 6. The molecular formula is C17H22FNO3. The summed E-state index contributed by atoms with van der Waals surface area (Å²) in [5.41, 5.74) is -2.21. The van der Waals surface area contributed by atoms with Crippen LogP contribution in [0, 0.1) is 0 Å². The summed E-state index contributed by atoms with van der Waals surface area (Å²) >= 11 is 0. The van der Waals surface area contributed by atoms with Crippen molar-refractivity contribution in [2.75, 3.05) is 20.3 Å². The third-order valence-corrected chi connectivity index (χ3v) is 5.15. The molecule has 1 aromatic carbocycles. The van der Waals surface area contributed by atoms with Crippen molar-refractivity contribution in [1.82, 2.24) is 4.90 Å². The largest absolute Gasteiger partial charge is 0.392 e. The third kappa shape index (κ3) is 2.57. The predicted molar refractivity (Wildman–Crippen MR) is 80.3 cm³/mol. The van der Waals surface area contributed by atoms with E-state index in [0.717, 1.165) is 12.8 Å². The average molecular weight is 307 g/mol. The quantitative estimate of drug-likeness (QED) is 0.868. The molecule has 0 aromatic heterocycles. The summed E-state index contributed by atoms with van der Waals surface area (Å²) in [6, 6.07) is 8.92. The number of aliphatic hydroxyl groups is 1. The topological polar surface area (TPSA) is 49.8 Å². The van der Waals surface area contributed by atoms with Crippen molar-refractivity contribution in [2.45, 2.75) is 43.1 Å². The Balaban J connectivity index is 1.64. The maximum atomic E-state index is 14.9. The second kappa shape index (κ2) is 6.07. The molecular weight excluding hydrogens is 285 g/mol. The molecule has 5 heteroatoms. The molecule has 2 bridgehead atoms. The summed E-state index contributed by atoms with van der Waals surface area (Å²) < 4.78 is 20.6. The highest BCUT2D eigenvalue weighted by Gasteiger charge is 2.46. The van der Waals surface area contributed by atoms with E-state index in [1.807, 2.05) is 0 Å². The Kier molecular flexibility index (Phi) is 4.30. The van der Waals surface area contributed by atoms with Gasteiger partial charge in [0.1, 0.15) is 6.61 Å². The summed E-state index contributed by atoms with van der Waals surface area (Å²) in [6.45, 7) is -1.16. The van der Waals surface area contributed by atoms with E-state index >= 15 is 0 Å². The first-order valence-corrected chi connectivity index (χ1v) is 7.78. The standard InChI is InChI=1S/C17H22FNO3/c1-19-13-7-8-14(19)15(9-13)22-10-16(21)17(18,11-20)12-5-3-2-4-6-12/h2-6,13-15,20H,7-11H2,1H3. The molecule has 2 aliphatic rings. The Morgan fingerprint density at radius 1 is 1.41 bits per heavy atom. The van der Waals surface area contributed by atoms with Crippen LogP contribution in [-0.2, 0) is 15.2 Å². The lowest BCUT2D eigenvalue weighted by Crippen LogP contribution is -2.40. The van der Waals surface area contributed by atoms with Crippen LogP contribution in [0.2, 0.25) is 0 Å². The van der Waals surface area contributed by atoms with Crippen molar-refractivity contribution in [2.24, 2.45) is 0 Å². The van der Waals surface area contributed by atoms with Crippen LogP contribution in [0.25, 0.3) is 0 Å². The van der Waals surface area contributed by atoms with E-state index < -0.39 is 18.1 Å². The number of carbonyl (C=O) groups is 1. The second-order valence-electron chi connectivity index (χ2n) is 6.30. The van der Waals surface area contributed by atoms with Gasteiger partial charge in [-0.2, -0.15) is 0 Å². The smallest absolute Gasteiger partial charge is 0.218 e. The molecule has 0 spiro atoms. The van der Waals surface area contributed by atoms with Crippen molar-refractivity contribution in [1.29, 1.82) is 0 Å². The Bertz CT molecular complexity index is 538. The number of aliphatic hydroxyl groups excluding tert-OH is 1. The highest BCUT2D eigenvalue weighted by atomic mass is 19.1. The number of fused-ring (bicyclic) bond motifs is 2. The normalized spacial score (nSPS) is 30.4.